The van der Waals surface area contributed by atoms with Gasteiger partial charge >= 0.3 is 0 Å². The highest BCUT2D eigenvalue weighted by Gasteiger charge is 2.20. The number of benzene rings is 1. The van der Waals surface area contributed by atoms with Crippen molar-refractivity contribution in [3.63, 3.8) is 0 Å². The number of aromatic nitrogens is 2. The molecule has 19 heavy (non-hydrogen) atoms. The first-order valence-corrected chi connectivity index (χ1v) is 6.60. The third-order valence-electron chi connectivity index (χ3n) is 2.51. The number of rotatable bonds is 2. The van der Waals surface area contributed by atoms with E-state index in [1.165, 1.54) is 0 Å². The van der Waals surface area contributed by atoms with Crippen LogP contribution in [0.3, 0.4) is 0 Å². The molecule has 2 aromatic rings. The molecule has 0 aliphatic heterocycles. The molecule has 4 nitrogen and oxygen atoms in total. The van der Waals surface area contributed by atoms with Gasteiger partial charge in [0.1, 0.15) is 0 Å². The molecule has 1 heterocycles. The van der Waals surface area contributed by atoms with Crippen molar-refractivity contribution in [3.05, 3.63) is 28.0 Å². The van der Waals surface area contributed by atoms with Crippen LogP contribution in [0.5, 0.6) is 0 Å². The van der Waals surface area contributed by atoms with Gasteiger partial charge in [0.25, 0.3) is 5.89 Å². The Labute approximate surface area is 121 Å². The molecule has 0 spiro atoms. The molecule has 0 atom stereocenters. The highest BCUT2D eigenvalue weighted by atomic mass is 35.5. The number of nitrogens with zero attached hydrogens (tertiary/aromatic N) is 2. The van der Waals surface area contributed by atoms with Crippen LogP contribution >= 0.6 is 23.2 Å². The van der Waals surface area contributed by atoms with E-state index in [-0.39, 0.29) is 5.41 Å². The fraction of sp³-hybridized carbons (Fsp3) is 0.385. The number of hydrogen-bond donors (Lipinski definition) is 1. The molecule has 0 radical (unpaired) electrons. The molecule has 102 valence electrons. The van der Waals surface area contributed by atoms with Crippen molar-refractivity contribution >= 4 is 28.9 Å². The van der Waals surface area contributed by atoms with E-state index in [2.05, 4.69) is 30.9 Å². The van der Waals surface area contributed by atoms with E-state index in [1.54, 1.807) is 12.1 Å². The van der Waals surface area contributed by atoms with Gasteiger partial charge in [-0.25, -0.2) is 0 Å². The summed E-state index contributed by atoms with van der Waals surface area (Å²) >= 11 is 12.1. The average Bonchev–Trinajstić information content (AvgIpc) is 2.70. The van der Waals surface area contributed by atoms with Crippen LogP contribution < -0.4 is 5.73 Å². The van der Waals surface area contributed by atoms with Crippen molar-refractivity contribution in [2.75, 3.05) is 5.73 Å². The van der Waals surface area contributed by atoms with Gasteiger partial charge in [-0.15, -0.1) is 0 Å². The second kappa shape index (κ2) is 5.02. The van der Waals surface area contributed by atoms with Crippen LogP contribution in [0.25, 0.3) is 11.5 Å². The van der Waals surface area contributed by atoms with Gasteiger partial charge in [0.2, 0.25) is 0 Å². The molecule has 0 unspecified atom stereocenters. The maximum Gasteiger partial charge on any atom is 0.261 e. The first-order chi connectivity index (χ1) is 8.78. The first kappa shape index (κ1) is 14.2. The fourth-order valence-electron chi connectivity index (χ4n) is 1.69. The van der Waals surface area contributed by atoms with Gasteiger partial charge in [-0.05, 0) is 17.5 Å². The van der Waals surface area contributed by atoms with E-state index < -0.39 is 0 Å². The summed E-state index contributed by atoms with van der Waals surface area (Å²) in [6.07, 6.45) is 0.703. The van der Waals surface area contributed by atoms with Gasteiger partial charge in [0.15, 0.2) is 5.82 Å². The van der Waals surface area contributed by atoms with Crippen LogP contribution in [0.15, 0.2) is 16.7 Å². The zero-order valence-electron chi connectivity index (χ0n) is 11.0. The van der Waals surface area contributed by atoms with Crippen molar-refractivity contribution in [3.8, 4) is 11.5 Å². The van der Waals surface area contributed by atoms with Crippen molar-refractivity contribution < 1.29 is 4.52 Å². The summed E-state index contributed by atoms with van der Waals surface area (Å²) < 4.78 is 5.23. The second-order valence-electron chi connectivity index (χ2n) is 5.57. The Balaban J connectivity index is 2.41. The van der Waals surface area contributed by atoms with Crippen LogP contribution in [0, 0.1) is 5.41 Å². The molecular weight excluding hydrogens is 285 g/mol. The number of anilines is 1. The third-order valence-corrected chi connectivity index (χ3v) is 3.16. The topological polar surface area (TPSA) is 64.9 Å². The lowest BCUT2D eigenvalue weighted by Gasteiger charge is -2.14. The van der Waals surface area contributed by atoms with Crippen LogP contribution in [-0.2, 0) is 6.42 Å². The number of nitrogen functional groups attached to an aromatic ring is 1. The Morgan fingerprint density at radius 1 is 1.21 bits per heavy atom. The minimum atomic E-state index is 0.0742. The molecule has 0 aliphatic carbocycles. The monoisotopic (exact) mass is 299 g/mol. The molecule has 1 aromatic carbocycles. The van der Waals surface area contributed by atoms with Gasteiger partial charge in [0.05, 0.1) is 21.3 Å². The summed E-state index contributed by atoms with van der Waals surface area (Å²) in [6, 6.07) is 3.29. The SMILES string of the molecule is CC(C)(C)Cc1noc(-c2c(Cl)ccc(Cl)c2N)n1. The molecule has 6 heteroatoms. The van der Waals surface area contributed by atoms with E-state index in [1.807, 2.05) is 0 Å². The minimum absolute atomic E-state index is 0.0742. The third kappa shape index (κ3) is 3.19. The zero-order valence-corrected chi connectivity index (χ0v) is 12.5. The largest absolute Gasteiger partial charge is 0.397 e. The standard InChI is InChI=1S/C13H15Cl2N3O/c1-13(2,3)6-9-17-12(19-18-9)10-7(14)4-5-8(15)11(10)16/h4-5H,6,16H2,1-3H3. The van der Waals surface area contributed by atoms with Gasteiger partial charge in [-0.1, -0.05) is 49.1 Å². The lowest BCUT2D eigenvalue weighted by atomic mass is 9.92. The summed E-state index contributed by atoms with van der Waals surface area (Å²) in [7, 11) is 0. The lowest BCUT2D eigenvalue weighted by molar-refractivity contribution is 0.374. The Kier molecular flexibility index (Phi) is 3.74. The predicted molar refractivity (Wildman–Crippen MR) is 77.3 cm³/mol. The quantitative estimate of drug-likeness (QED) is 0.844. The van der Waals surface area contributed by atoms with Crippen molar-refractivity contribution in [2.24, 2.45) is 5.41 Å². The maximum absolute atomic E-state index is 6.11. The van der Waals surface area contributed by atoms with Crippen LogP contribution in [-0.4, -0.2) is 10.1 Å². The minimum Gasteiger partial charge on any atom is -0.397 e. The molecule has 2 rings (SSSR count). The Morgan fingerprint density at radius 2 is 1.84 bits per heavy atom. The highest BCUT2D eigenvalue weighted by Crippen LogP contribution is 2.37. The molecule has 0 aliphatic rings. The summed E-state index contributed by atoms with van der Waals surface area (Å²) in [6.45, 7) is 6.30. The first-order valence-electron chi connectivity index (χ1n) is 5.84. The molecule has 0 fully saturated rings. The fourth-order valence-corrected chi connectivity index (χ4v) is 2.09. The summed E-state index contributed by atoms with van der Waals surface area (Å²) in [5.74, 6) is 0.919. The second-order valence-corrected chi connectivity index (χ2v) is 6.39. The van der Waals surface area contributed by atoms with Gasteiger partial charge in [-0.3, -0.25) is 0 Å². The van der Waals surface area contributed by atoms with Crippen molar-refractivity contribution in [1.82, 2.24) is 10.1 Å². The van der Waals surface area contributed by atoms with E-state index in [0.29, 0.717) is 39.4 Å². The molecule has 0 saturated heterocycles. The lowest BCUT2D eigenvalue weighted by Crippen LogP contribution is -2.10. The van der Waals surface area contributed by atoms with E-state index in [0.717, 1.165) is 0 Å². The molecule has 0 amide bonds. The smallest absolute Gasteiger partial charge is 0.261 e. The van der Waals surface area contributed by atoms with Gasteiger partial charge < -0.3 is 10.3 Å². The Morgan fingerprint density at radius 3 is 2.47 bits per heavy atom. The van der Waals surface area contributed by atoms with Gasteiger partial charge in [0, 0.05) is 6.42 Å². The molecule has 0 saturated carbocycles. The van der Waals surface area contributed by atoms with Crippen LogP contribution in [0.1, 0.15) is 26.6 Å². The normalized spacial score (nSPS) is 11.8. The summed E-state index contributed by atoms with van der Waals surface area (Å²) in [5.41, 5.74) is 6.82. The summed E-state index contributed by atoms with van der Waals surface area (Å²) in [4.78, 5) is 4.33. The predicted octanol–water partition coefficient (Wildman–Crippen LogP) is 4.21. The van der Waals surface area contributed by atoms with Crippen molar-refractivity contribution in [1.29, 1.82) is 0 Å². The summed E-state index contributed by atoms with van der Waals surface area (Å²) in [5, 5.41) is 4.80. The van der Waals surface area contributed by atoms with Gasteiger partial charge in [-0.2, -0.15) is 4.98 Å². The number of halogens is 2. The molecule has 1 aromatic heterocycles. The number of hydrogen-bond acceptors (Lipinski definition) is 4. The van der Waals surface area contributed by atoms with Crippen LogP contribution in [0.4, 0.5) is 5.69 Å². The van der Waals surface area contributed by atoms with E-state index in [4.69, 9.17) is 33.5 Å². The average molecular weight is 300 g/mol. The van der Waals surface area contributed by atoms with Crippen LogP contribution in [0.2, 0.25) is 10.0 Å². The zero-order chi connectivity index (χ0) is 14.2. The molecule has 0 bridgehead atoms. The maximum atomic E-state index is 6.11. The molecular formula is C13H15Cl2N3O. The highest BCUT2D eigenvalue weighted by molar-refractivity contribution is 6.37. The van der Waals surface area contributed by atoms with E-state index >= 15 is 0 Å². The molecule has 2 N–H and O–H groups in total. The van der Waals surface area contributed by atoms with Crippen molar-refractivity contribution in [2.45, 2.75) is 27.2 Å². The number of nitrogens with two attached hydrogens (primary N) is 1. The van der Waals surface area contributed by atoms with E-state index in [9.17, 15) is 0 Å². The Hall–Kier alpha value is -1.26. The Bertz CT molecular complexity index is 602.